The Bertz CT molecular complexity index is 299. The maximum atomic E-state index is 5.68. The minimum absolute atomic E-state index is 0.469. The van der Waals surface area contributed by atoms with Gasteiger partial charge in [0.2, 0.25) is 0 Å². The van der Waals surface area contributed by atoms with E-state index in [1.807, 2.05) is 19.2 Å². The standard InChI is InChI=1S/C12H18N2/c1-14-9-8-12(6-7-12)10-2-4-11(13)5-3-10/h2-5,14H,6-9,13H2,1H3. The second kappa shape index (κ2) is 3.62. The van der Waals surface area contributed by atoms with Crippen LogP contribution in [0.2, 0.25) is 0 Å². The van der Waals surface area contributed by atoms with E-state index in [4.69, 9.17) is 5.73 Å². The van der Waals surface area contributed by atoms with E-state index in [0.29, 0.717) is 5.41 Å². The van der Waals surface area contributed by atoms with Crippen LogP contribution < -0.4 is 11.1 Å². The third-order valence-corrected chi connectivity index (χ3v) is 3.23. The lowest BCUT2D eigenvalue weighted by atomic mass is 9.92. The van der Waals surface area contributed by atoms with Crippen LogP contribution in [0.25, 0.3) is 0 Å². The van der Waals surface area contributed by atoms with Gasteiger partial charge in [-0.1, -0.05) is 12.1 Å². The fourth-order valence-electron chi connectivity index (χ4n) is 2.03. The van der Waals surface area contributed by atoms with Crippen LogP contribution in [0.5, 0.6) is 0 Å². The van der Waals surface area contributed by atoms with Gasteiger partial charge in [0.15, 0.2) is 0 Å². The van der Waals surface area contributed by atoms with E-state index in [-0.39, 0.29) is 0 Å². The molecule has 0 atom stereocenters. The first-order chi connectivity index (χ1) is 6.77. The van der Waals surface area contributed by atoms with Crippen LogP contribution >= 0.6 is 0 Å². The lowest BCUT2D eigenvalue weighted by Crippen LogP contribution is -2.16. The van der Waals surface area contributed by atoms with E-state index in [0.717, 1.165) is 12.2 Å². The molecule has 1 fully saturated rings. The van der Waals surface area contributed by atoms with Crippen LogP contribution in [0.15, 0.2) is 24.3 Å². The average molecular weight is 190 g/mol. The van der Waals surface area contributed by atoms with Crippen molar-refractivity contribution < 1.29 is 0 Å². The van der Waals surface area contributed by atoms with E-state index in [1.54, 1.807) is 0 Å². The highest BCUT2D eigenvalue weighted by molar-refractivity contribution is 5.43. The van der Waals surface area contributed by atoms with Gasteiger partial charge >= 0.3 is 0 Å². The predicted octanol–water partition coefficient (Wildman–Crippen LogP) is 1.91. The van der Waals surface area contributed by atoms with Gasteiger partial charge in [0.1, 0.15) is 0 Å². The number of nitrogens with two attached hydrogens (primary N) is 1. The van der Waals surface area contributed by atoms with Gasteiger partial charge in [0.05, 0.1) is 0 Å². The van der Waals surface area contributed by atoms with Crippen LogP contribution in [-0.4, -0.2) is 13.6 Å². The Morgan fingerprint density at radius 2 is 1.93 bits per heavy atom. The number of benzene rings is 1. The monoisotopic (exact) mass is 190 g/mol. The summed E-state index contributed by atoms with van der Waals surface area (Å²) < 4.78 is 0. The van der Waals surface area contributed by atoms with Gasteiger partial charge in [-0.25, -0.2) is 0 Å². The number of nitrogens with one attached hydrogen (secondary N) is 1. The third-order valence-electron chi connectivity index (χ3n) is 3.23. The van der Waals surface area contributed by atoms with Gasteiger partial charge in [0, 0.05) is 5.69 Å². The topological polar surface area (TPSA) is 38.0 Å². The van der Waals surface area contributed by atoms with Crippen LogP contribution in [-0.2, 0) is 5.41 Å². The average Bonchev–Trinajstić information content (AvgIpc) is 2.97. The smallest absolute Gasteiger partial charge is 0.0314 e. The summed E-state index contributed by atoms with van der Waals surface area (Å²) in [5.74, 6) is 0. The molecule has 1 saturated carbocycles. The zero-order valence-electron chi connectivity index (χ0n) is 8.72. The molecule has 2 rings (SSSR count). The predicted molar refractivity (Wildman–Crippen MR) is 60.3 cm³/mol. The molecule has 2 nitrogen and oxygen atoms in total. The molecular weight excluding hydrogens is 172 g/mol. The van der Waals surface area contributed by atoms with Gasteiger partial charge in [0.25, 0.3) is 0 Å². The van der Waals surface area contributed by atoms with Gasteiger partial charge in [-0.05, 0) is 56.0 Å². The molecule has 76 valence electrons. The molecular formula is C12H18N2. The van der Waals surface area contributed by atoms with Crippen LogP contribution in [0, 0.1) is 0 Å². The van der Waals surface area contributed by atoms with Crippen LogP contribution in [0.3, 0.4) is 0 Å². The number of hydrogen-bond donors (Lipinski definition) is 2. The summed E-state index contributed by atoms with van der Waals surface area (Å²) in [6.07, 6.45) is 3.91. The van der Waals surface area contributed by atoms with E-state index in [9.17, 15) is 0 Å². The van der Waals surface area contributed by atoms with Gasteiger partial charge in [-0.15, -0.1) is 0 Å². The Morgan fingerprint density at radius 1 is 1.29 bits per heavy atom. The summed E-state index contributed by atoms with van der Waals surface area (Å²) in [5.41, 5.74) is 8.47. The quantitative estimate of drug-likeness (QED) is 0.712. The van der Waals surface area contributed by atoms with Crippen molar-refractivity contribution in [3.05, 3.63) is 29.8 Å². The Kier molecular flexibility index (Phi) is 2.46. The normalized spacial score (nSPS) is 18.1. The van der Waals surface area contributed by atoms with E-state index < -0.39 is 0 Å². The summed E-state index contributed by atoms with van der Waals surface area (Å²) in [4.78, 5) is 0. The molecule has 3 N–H and O–H groups in total. The highest BCUT2D eigenvalue weighted by Crippen LogP contribution is 2.50. The molecule has 0 saturated heterocycles. The highest BCUT2D eigenvalue weighted by Gasteiger charge is 2.43. The Labute approximate surface area is 85.5 Å². The number of rotatable bonds is 4. The Balaban J connectivity index is 2.10. The molecule has 0 bridgehead atoms. The van der Waals surface area contributed by atoms with Crippen LogP contribution in [0.4, 0.5) is 5.69 Å². The summed E-state index contributed by atoms with van der Waals surface area (Å²) in [7, 11) is 2.01. The molecule has 0 unspecified atom stereocenters. The third kappa shape index (κ3) is 1.75. The number of nitrogen functional groups attached to an aromatic ring is 1. The van der Waals surface area contributed by atoms with Crippen molar-refractivity contribution in [1.29, 1.82) is 0 Å². The first kappa shape index (κ1) is 9.53. The maximum Gasteiger partial charge on any atom is 0.0314 e. The molecule has 1 aliphatic rings. The van der Waals surface area contributed by atoms with E-state index in [2.05, 4.69) is 17.4 Å². The van der Waals surface area contributed by atoms with Gasteiger partial charge in [-0.2, -0.15) is 0 Å². The summed E-state index contributed by atoms with van der Waals surface area (Å²) >= 11 is 0. The summed E-state index contributed by atoms with van der Waals surface area (Å²) in [5, 5.41) is 3.22. The van der Waals surface area contributed by atoms with Crippen molar-refractivity contribution in [3.8, 4) is 0 Å². The molecule has 0 amide bonds. The minimum atomic E-state index is 0.469. The van der Waals surface area contributed by atoms with Crippen molar-refractivity contribution in [3.63, 3.8) is 0 Å². The lowest BCUT2D eigenvalue weighted by Gasteiger charge is -2.15. The van der Waals surface area contributed by atoms with Crippen molar-refractivity contribution in [1.82, 2.24) is 5.32 Å². The Morgan fingerprint density at radius 3 is 2.43 bits per heavy atom. The molecule has 0 spiro atoms. The molecule has 0 aliphatic heterocycles. The maximum absolute atomic E-state index is 5.68. The van der Waals surface area contributed by atoms with Crippen LogP contribution in [0.1, 0.15) is 24.8 Å². The second-order valence-electron chi connectivity index (χ2n) is 4.26. The molecule has 0 aromatic heterocycles. The largest absolute Gasteiger partial charge is 0.399 e. The molecule has 0 radical (unpaired) electrons. The van der Waals surface area contributed by atoms with Crippen molar-refractivity contribution in [2.75, 3.05) is 19.3 Å². The molecule has 14 heavy (non-hydrogen) atoms. The highest BCUT2D eigenvalue weighted by atomic mass is 14.8. The minimum Gasteiger partial charge on any atom is -0.399 e. The van der Waals surface area contributed by atoms with Crippen molar-refractivity contribution in [2.45, 2.75) is 24.7 Å². The van der Waals surface area contributed by atoms with Crippen molar-refractivity contribution >= 4 is 5.69 Å². The number of hydrogen-bond acceptors (Lipinski definition) is 2. The molecule has 2 heteroatoms. The SMILES string of the molecule is CNCCC1(c2ccc(N)cc2)CC1. The number of anilines is 1. The van der Waals surface area contributed by atoms with Crippen molar-refractivity contribution in [2.24, 2.45) is 0 Å². The first-order valence-electron chi connectivity index (χ1n) is 5.27. The lowest BCUT2D eigenvalue weighted by molar-refractivity contribution is 0.588. The first-order valence-corrected chi connectivity index (χ1v) is 5.27. The fraction of sp³-hybridized carbons (Fsp3) is 0.500. The van der Waals surface area contributed by atoms with Gasteiger partial charge in [-0.3, -0.25) is 0 Å². The Hall–Kier alpha value is -1.02. The molecule has 1 aliphatic carbocycles. The molecule has 1 aromatic rings. The van der Waals surface area contributed by atoms with E-state index in [1.165, 1.54) is 24.8 Å². The van der Waals surface area contributed by atoms with Gasteiger partial charge < -0.3 is 11.1 Å². The second-order valence-corrected chi connectivity index (χ2v) is 4.26. The molecule has 0 heterocycles. The zero-order chi connectivity index (χ0) is 10.0. The fourth-order valence-corrected chi connectivity index (χ4v) is 2.03. The summed E-state index contributed by atoms with van der Waals surface area (Å²) in [6, 6.07) is 8.37. The molecule has 1 aromatic carbocycles. The zero-order valence-corrected chi connectivity index (χ0v) is 8.72. The van der Waals surface area contributed by atoms with E-state index >= 15 is 0 Å². The summed E-state index contributed by atoms with van der Waals surface area (Å²) in [6.45, 7) is 1.10.